The molecule has 34 heavy (non-hydrogen) atoms. The zero-order chi connectivity index (χ0) is 24.2. The molecule has 0 aromatic heterocycles. The van der Waals surface area contributed by atoms with E-state index < -0.39 is 0 Å². The molecule has 0 fully saturated rings. The summed E-state index contributed by atoms with van der Waals surface area (Å²) in [5.74, 6) is 3.31. The van der Waals surface area contributed by atoms with Crippen LogP contribution in [0.3, 0.4) is 0 Å². The Morgan fingerprint density at radius 1 is 0.794 bits per heavy atom. The molecule has 0 bridgehead atoms. The third-order valence-electron chi connectivity index (χ3n) is 5.61. The van der Waals surface area contributed by atoms with Crippen molar-refractivity contribution in [2.45, 2.75) is 13.5 Å². The lowest BCUT2D eigenvalue weighted by molar-refractivity contribution is 0.101. The van der Waals surface area contributed by atoms with Crippen molar-refractivity contribution in [3.8, 4) is 34.5 Å². The molecule has 1 aliphatic rings. The van der Waals surface area contributed by atoms with E-state index in [2.05, 4.69) is 0 Å². The van der Waals surface area contributed by atoms with Gasteiger partial charge in [-0.2, -0.15) is 0 Å². The largest absolute Gasteiger partial charge is 0.497 e. The van der Waals surface area contributed by atoms with E-state index in [9.17, 15) is 4.79 Å². The quantitative estimate of drug-likeness (QED) is 0.425. The van der Waals surface area contributed by atoms with Gasteiger partial charge in [0.15, 0.2) is 17.3 Å². The minimum absolute atomic E-state index is 0.191. The molecule has 0 amide bonds. The molecule has 3 aromatic rings. The van der Waals surface area contributed by atoms with Crippen LogP contribution in [0.25, 0.3) is 6.08 Å². The second kappa shape index (κ2) is 9.79. The lowest BCUT2D eigenvalue weighted by Crippen LogP contribution is -2.00. The zero-order valence-corrected chi connectivity index (χ0v) is 19.8. The molecule has 1 heterocycles. The lowest BCUT2D eigenvalue weighted by atomic mass is 10.1. The number of rotatable bonds is 8. The Bertz CT molecular complexity index is 1240. The Hall–Kier alpha value is -4.13. The van der Waals surface area contributed by atoms with Crippen molar-refractivity contribution in [2.75, 3.05) is 28.4 Å². The third kappa shape index (κ3) is 4.24. The van der Waals surface area contributed by atoms with Crippen LogP contribution in [-0.2, 0) is 6.61 Å². The average molecular weight is 462 g/mol. The number of hydrogen-bond donors (Lipinski definition) is 0. The van der Waals surface area contributed by atoms with E-state index in [0.29, 0.717) is 46.5 Å². The van der Waals surface area contributed by atoms with Gasteiger partial charge in [0.1, 0.15) is 23.9 Å². The van der Waals surface area contributed by atoms with Crippen molar-refractivity contribution in [1.29, 1.82) is 0 Å². The van der Waals surface area contributed by atoms with Crippen LogP contribution in [0.4, 0.5) is 0 Å². The van der Waals surface area contributed by atoms with Gasteiger partial charge in [0.2, 0.25) is 11.5 Å². The van der Waals surface area contributed by atoms with Crippen molar-refractivity contribution < 1.29 is 33.2 Å². The summed E-state index contributed by atoms with van der Waals surface area (Å²) < 4.78 is 33.5. The van der Waals surface area contributed by atoms with E-state index in [1.807, 2.05) is 31.2 Å². The standard InChI is InChI=1S/C27H26O7/c1-16-21(33-15-17-6-9-19(29-2)10-7-17)13-11-20-24(28)23(34-25(16)20)14-18-8-12-22(30-3)27(32-5)26(18)31-4/h6-14H,15H2,1-5H3/b23-14-. The van der Waals surface area contributed by atoms with Crippen LogP contribution in [0.5, 0.6) is 34.5 Å². The number of fused-ring (bicyclic) bond motifs is 1. The molecule has 0 radical (unpaired) electrons. The first kappa shape index (κ1) is 23.0. The molecule has 0 saturated heterocycles. The van der Waals surface area contributed by atoms with Crippen LogP contribution < -0.4 is 28.4 Å². The first-order valence-electron chi connectivity index (χ1n) is 10.6. The van der Waals surface area contributed by atoms with E-state index in [-0.39, 0.29) is 11.5 Å². The highest BCUT2D eigenvalue weighted by Gasteiger charge is 2.31. The van der Waals surface area contributed by atoms with Gasteiger partial charge < -0.3 is 28.4 Å². The van der Waals surface area contributed by atoms with Crippen LogP contribution >= 0.6 is 0 Å². The van der Waals surface area contributed by atoms with Crippen LogP contribution in [0.1, 0.15) is 27.0 Å². The lowest BCUT2D eigenvalue weighted by Gasteiger charge is -2.14. The Morgan fingerprint density at radius 3 is 2.15 bits per heavy atom. The topological polar surface area (TPSA) is 72.5 Å². The monoisotopic (exact) mass is 462 g/mol. The molecule has 176 valence electrons. The Morgan fingerprint density at radius 2 is 1.50 bits per heavy atom. The summed E-state index contributed by atoms with van der Waals surface area (Å²) in [6.45, 7) is 2.25. The van der Waals surface area contributed by atoms with Gasteiger partial charge in [-0.05, 0) is 55.0 Å². The molecule has 0 N–H and O–H groups in total. The number of benzene rings is 3. The van der Waals surface area contributed by atoms with Crippen LogP contribution in [0.2, 0.25) is 0 Å². The smallest absolute Gasteiger partial charge is 0.231 e. The summed E-state index contributed by atoms with van der Waals surface area (Å²) in [5, 5.41) is 0. The number of methoxy groups -OCH3 is 4. The molecular weight excluding hydrogens is 436 g/mol. The van der Waals surface area contributed by atoms with Gasteiger partial charge in [0.05, 0.1) is 34.0 Å². The fourth-order valence-electron chi connectivity index (χ4n) is 3.79. The first-order valence-corrected chi connectivity index (χ1v) is 10.6. The molecule has 0 atom stereocenters. The predicted molar refractivity (Wildman–Crippen MR) is 128 cm³/mol. The van der Waals surface area contributed by atoms with Gasteiger partial charge in [0, 0.05) is 11.1 Å². The molecule has 3 aromatic carbocycles. The summed E-state index contributed by atoms with van der Waals surface area (Å²) in [4.78, 5) is 13.0. The van der Waals surface area contributed by atoms with Gasteiger partial charge in [-0.1, -0.05) is 12.1 Å². The molecule has 0 aliphatic carbocycles. The minimum Gasteiger partial charge on any atom is -0.497 e. The van der Waals surface area contributed by atoms with Crippen molar-refractivity contribution in [2.24, 2.45) is 0 Å². The number of carbonyl (C=O) groups is 1. The Balaban J connectivity index is 1.59. The maximum absolute atomic E-state index is 13.0. The van der Waals surface area contributed by atoms with Gasteiger partial charge >= 0.3 is 0 Å². The molecule has 0 saturated carbocycles. The third-order valence-corrected chi connectivity index (χ3v) is 5.61. The minimum atomic E-state index is -0.211. The van der Waals surface area contributed by atoms with E-state index in [0.717, 1.165) is 16.9 Å². The number of hydrogen-bond acceptors (Lipinski definition) is 7. The summed E-state index contributed by atoms with van der Waals surface area (Å²) >= 11 is 0. The molecule has 7 nitrogen and oxygen atoms in total. The highest BCUT2D eigenvalue weighted by Crippen LogP contribution is 2.43. The SMILES string of the molecule is COc1ccc(COc2ccc3c(c2C)O/C(=C\c2ccc(OC)c(OC)c2OC)C3=O)cc1. The van der Waals surface area contributed by atoms with Crippen LogP contribution in [-0.4, -0.2) is 34.2 Å². The fourth-order valence-corrected chi connectivity index (χ4v) is 3.79. The second-order valence-corrected chi connectivity index (χ2v) is 7.57. The predicted octanol–water partition coefficient (Wildman–Crippen LogP) is 5.22. The highest BCUT2D eigenvalue weighted by molar-refractivity contribution is 6.15. The molecular formula is C27H26O7. The van der Waals surface area contributed by atoms with E-state index in [4.69, 9.17) is 28.4 Å². The van der Waals surface area contributed by atoms with Gasteiger partial charge in [-0.25, -0.2) is 0 Å². The Labute approximate surface area is 198 Å². The summed E-state index contributed by atoms with van der Waals surface area (Å²) in [7, 11) is 6.24. The number of Topliss-reactive ketones (excluding diaryl/α,β-unsaturated/α-hetero) is 1. The maximum Gasteiger partial charge on any atom is 0.231 e. The normalized spacial score (nSPS) is 13.3. The van der Waals surface area contributed by atoms with Crippen molar-refractivity contribution in [3.05, 3.63) is 76.5 Å². The summed E-state index contributed by atoms with van der Waals surface area (Å²) in [6, 6.07) is 14.7. The zero-order valence-electron chi connectivity index (χ0n) is 19.8. The second-order valence-electron chi connectivity index (χ2n) is 7.57. The van der Waals surface area contributed by atoms with Gasteiger partial charge in [-0.15, -0.1) is 0 Å². The van der Waals surface area contributed by atoms with Crippen molar-refractivity contribution in [3.63, 3.8) is 0 Å². The summed E-state index contributed by atoms with van der Waals surface area (Å²) in [5.41, 5.74) is 2.87. The van der Waals surface area contributed by atoms with Crippen molar-refractivity contribution in [1.82, 2.24) is 0 Å². The number of carbonyl (C=O) groups excluding carboxylic acids is 1. The number of ether oxygens (including phenoxy) is 6. The molecule has 1 aliphatic heterocycles. The first-order chi connectivity index (χ1) is 16.5. The fraction of sp³-hybridized carbons (Fsp3) is 0.222. The average Bonchev–Trinajstić information content (AvgIpc) is 3.19. The molecule has 0 spiro atoms. The van der Waals surface area contributed by atoms with E-state index in [1.54, 1.807) is 44.6 Å². The molecule has 0 unspecified atom stereocenters. The van der Waals surface area contributed by atoms with Gasteiger partial charge in [0.25, 0.3) is 0 Å². The maximum atomic E-state index is 13.0. The van der Waals surface area contributed by atoms with E-state index >= 15 is 0 Å². The highest BCUT2D eigenvalue weighted by atomic mass is 16.5. The number of allylic oxidation sites excluding steroid dienone is 1. The molecule has 4 rings (SSSR count). The Kier molecular flexibility index (Phi) is 6.63. The van der Waals surface area contributed by atoms with E-state index in [1.165, 1.54) is 14.2 Å². The molecule has 7 heteroatoms. The summed E-state index contributed by atoms with van der Waals surface area (Å²) in [6.07, 6.45) is 1.64. The van der Waals surface area contributed by atoms with Crippen LogP contribution in [0.15, 0.2) is 54.3 Å². The van der Waals surface area contributed by atoms with Gasteiger partial charge in [-0.3, -0.25) is 4.79 Å². The van der Waals surface area contributed by atoms with Crippen molar-refractivity contribution >= 4 is 11.9 Å². The number of ketones is 1. The van der Waals surface area contributed by atoms with Crippen LogP contribution in [0, 0.1) is 6.92 Å².